The smallest absolute Gasteiger partial charge is 0.139 e. The monoisotopic (exact) mass is 312 g/mol. The predicted octanol–water partition coefficient (Wildman–Crippen LogP) is -1.72. The fraction of sp³-hybridized carbons (Fsp3) is 0.167. The van der Waals surface area contributed by atoms with E-state index in [4.69, 9.17) is 0 Å². The molecule has 1 aromatic rings. The van der Waals surface area contributed by atoms with Gasteiger partial charge in [0.15, 0.2) is 0 Å². The van der Waals surface area contributed by atoms with Crippen LogP contribution in [0.3, 0.4) is 0 Å². The van der Waals surface area contributed by atoms with Crippen LogP contribution in [0, 0.1) is 0 Å². The third-order valence-electron chi connectivity index (χ3n) is 2.88. The summed E-state index contributed by atoms with van der Waals surface area (Å²) in [6.45, 7) is 0. The number of hydrogen-bond acceptors (Lipinski definition) is 1. The summed E-state index contributed by atoms with van der Waals surface area (Å²) < 4.78 is 0. The molecule has 15 heavy (non-hydrogen) atoms. The van der Waals surface area contributed by atoms with Crippen molar-refractivity contribution in [3.8, 4) is 0 Å². The average molecular weight is 312 g/mol. The Hall–Kier alpha value is -0.810. The molecule has 2 aliphatic heterocycles. The van der Waals surface area contributed by atoms with Crippen molar-refractivity contribution in [2.24, 2.45) is 0 Å². The molecule has 0 radical (unpaired) electrons. The number of hydrogen-bond donors (Lipinski definition) is 1. The van der Waals surface area contributed by atoms with Gasteiger partial charge in [0.05, 0.1) is 12.1 Å². The third kappa shape index (κ3) is 1.70. The molecule has 3 rings (SSSR count). The zero-order valence-corrected chi connectivity index (χ0v) is 10.7. The van der Waals surface area contributed by atoms with E-state index in [1.54, 1.807) is 0 Å². The van der Waals surface area contributed by atoms with Crippen molar-refractivity contribution >= 4 is 5.69 Å². The summed E-state index contributed by atoms with van der Waals surface area (Å²) in [5.74, 6) is 0.488. The van der Waals surface area contributed by atoms with E-state index in [0.29, 0.717) is 5.92 Å². The molecule has 2 aliphatic rings. The van der Waals surface area contributed by atoms with Gasteiger partial charge in [-0.2, -0.15) is 0 Å². The molecule has 1 aromatic carbocycles. The molecule has 2 nitrogen and oxygen atoms in total. The van der Waals surface area contributed by atoms with Gasteiger partial charge in [-0.25, -0.2) is 0 Å². The number of halogens is 1. The van der Waals surface area contributed by atoms with E-state index >= 15 is 0 Å². The van der Waals surface area contributed by atoms with Crippen LogP contribution in [-0.4, -0.2) is 11.9 Å². The minimum atomic E-state index is 0. The summed E-state index contributed by atoms with van der Waals surface area (Å²) in [6, 6.07) is 8.61. The average Bonchev–Trinajstić information content (AvgIpc) is 2.54. The second kappa shape index (κ2) is 3.98. The Kier molecular flexibility index (Phi) is 2.84. The first-order chi connectivity index (χ1) is 6.84. The van der Waals surface area contributed by atoms with Crippen molar-refractivity contribution in [2.75, 3.05) is 7.05 Å². The number of rotatable bonds is 0. The van der Waals surface area contributed by atoms with Crippen LogP contribution in [0.4, 0.5) is 5.69 Å². The van der Waals surface area contributed by atoms with E-state index in [2.05, 4.69) is 60.0 Å². The summed E-state index contributed by atoms with van der Waals surface area (Å²) >= 11 is 0. The van der Waals surface area contributed by atoms with Gasteiger partial charge in [-0.3, -0.25) is 5.32 Å². The molecule has 2 heterocycles. The lowest BCUT2D eigenvalue weighted by atomic mass is 9.98. The van der Waals surface area contributed by atoms with Gasteiger partial charge in [-0.15, -0.1) is 0 Å². The van der Waals surface area contributed by atoms with E-state index < -0.39 is 0 Å². The topological polar surface area (TPSA) is 19.9 Å². The molecule has 0 spiro atoms. The van der Waals surface area contributed by atoms with Crippen molar-refractivity contribution in [2.45, 2.75) is 5.92 Å². The van der Waals surface area contributed by atoms with Crippen LogP contribution in [0.5, 0.6) is 0 Å². The van der Waals surface area contributed by atoms with Crippen LogP contribution >= 0.6 is 0 Å². The summed E-state index contributed by atoms with van der Waals surface area (Å²) in [5.41, 5.74) is 4.20. The molecule has 0 amide bonds. The highest BCUT2D eigenvalue weighted by molar-refractivity contribution is 5.51. The molecular weight excluding hydrogens is 299 g/mol. The Balaban J connectivity index is 0.000000853. The van der Waals surface area contributed by atoms with Crippen LogP contribution in [-0.2, 0) is 0 Å². The Morgan fingerprint density at radius 2 is 2.07 bits per heavy atom. The molecule has 0 aromatic heterocycles. The molecular formula is C12H13IN2. The lowest BCUT2D eigenvalue weighted by Gasteiger charge is -2.15. The second-order valence-electron chi connectivity index (χ2n) is 3.89. The quantitative estimate of drug-likeness (QED) is 0.446. The van der Waals surface area contributed by atoms with Gasteiger partial charge in [0.25, 0.3) is 0 Å². The summed E-state index contributed by atoms with van der Waals surface area (Å²) in [6.07, 6.45) is 6.59. The Labute approximate surface area is 107 Å². The zero-order valence-electron chi connectivity index (χ0n) is 8.52. The first-order valence-electron chi connectivity index (χ1n) is 4.90. The highest BCUT2D eigenvalue weighted by Crippen LogP contribution is 2.33. The van der Waals surface area contributed by atoms with Gasteiger partial charge in [-0.05, 0) is 6.07 Å². The van der Waals surface area contributed by atoms with Crippen LogP contribution in [0.25, 0.3) is 0 Å². The lowest BCUT2D eigenvalue weighted by Crippen LogP contribution is -3.00. The van der Waals surface area contributed by atoms with Gasteiger partial charge in [0, 0.05) is 18.8 Å². The second-order valence-corrected chi connectivity index (χ2v) is 3.89. The van der Waals surface area contributed by atoms with Crippen LogP contribution in [0.15, 0.2) is 48.4 Å². The van der Waals surface area contributed by atoms with Gasteiger partial charge >= 0.3 is 0 Å². The minimum Gasteiger partial charge on any atom is -1.00 e. The number of nitrogens with two attached hydrogens (primary N) is 1. The molecule has 0 aliphatic carbocycles. The molecule has 0 bridgehead atoms. The molecule has 0 saturated carbocycles. The van der Waals surface area contributed by atoms with E-state index in [-0.39, 0.29) is 24.0 Å². The van der Waals surface area contributed by atoms with Crippen LogP contribution < -0.4 is 29.3 Å². The molecule has 0 saturated heterocycles. The largest absolute Gasteiger partial charge is 1.00 e. The standard InChI is InChI=1S/C12H12N2.HI/c1-14-7-6-10-9-4-2-3-5-11(9)13-12(10)8-14;/h2-8,10,13H,1H3;1H. The van der Waals surface area contributed by atoms with E-state index in [0.717, 1.165) is 0 Å². The summed E-state index contributed by atoms with van der Waals surface area (Å²) in [4.78, 5) is 2.11. The first kappa shape index (κ1) is 10.7. The van der Waals surface area contributed by atoms with Crippen molar-refractivity contribution < 1.29 is 29.3 Å². The van der Waals surface area contributed by atoms with Gasteiger partial charge < -0.3 is 28.9 Å². The van der Waals surface area contributed by atoms with Crippen molar-refractivity contribution in [3.05, 3.63) is 54.0 Å². The molecule has 3 heteroatoms. The zero-order chi connectivity index (χ0) is 9.54. The normalized spacial score (nSPS) is 21.5. The maximum absolute atomic E-state index is 2.28. The maximum Gasteiger partial charge on any atom is 0.139 e. The summed E-state index contributed by atoms with van der Waals surface area (Å²) in [5, 5.41) is 2.28. The van der Waals surface area contributed by atoms with Crippen molar-refractivity contribution in [3.63, 3.8) is 0 Å². The number of fused-ring (bicyclic) bond motifs is 3. The highest BCUT2D eigenvalue weighted by Gasteiger charge is 2.31. The molecule has 78 valence electrons. The maximum atomic E-state index is 2.28. The number of nitrogens with zero attached hydrogens (tertiary/aromatic N) is 1. The molecule has 0 fully saturated rings. The predicted molar refractivity (Wildman–Crippen MR) is 55.8 cm³/mol. The first-order valence-corrected chi connectivity index (χ1v) is 4.90. The Morgan fingerprint density at radius 1 is 1.27 bits per heavy atom. The summed E-state index contributed by atoms with van der Waals surface area (Å²) in [7, 11) is 2.07. The van der Waals surface area contributed by atoms with Crippen LogP contribution in [0.1, 0.15) is 11.5 Å². The molecule has 1 atom stereocenters. The minimum absolute atomic E-state index is 0. The highest BCUT2D eigenvalue weighted by atomic mass is 127. The lowest BCUT2D eigenvalue weighted by molar-refractivity contribution is -0.513. The Bertz CT molecular complexity index is 437. The fourth-order valence-electron chi connectivity index (χ4n) is 2.21. The van der Waals surface area contributed by atoms with Gasteiger partial charge in [0.2, 0.25) is 0 Å². The third-order valence-corrected chi connectivity index (χ3v) is 2.88. The number of para-hydroxylation sites is 1. The Morgan fingerprint density at radius 3 is 2.93 bits per heavy atom. The van der Waals surface area contributed by atoms with Gasteiger partial charge in [0.1, 0.15) is 11.4 Å². The SMILES string of the molecule is CN1C=CC2C(=C1)[NH2+]c1ccccc12.[I-]. The van der Waals surface area contributed by atoms with E-state index in [1.165, 1.54) is 16.9 Å². The van der Waals surface area contributed by atoms with E-state index in [1.807, 2.05) is 0 Å². The van der Waals surface area contributed by atoms with Crippen molar-refractivity contribution in [1.82, 2.24) is 4.90 Å². The van der Waals surface area contributed by atoms with Crippen LogP contribution in [0.2, 0.25) is 0 Å². The number of allylic oxidation sites excluding steroid dienone is 1. The number of benzene rings is 1. The molecule has 1 unspecified atom stereocenters. The van der Waals surface area contributed by atoms with Crippen molar-refractivity contribution in [1.29, 1.82) is 0 Å². The van der Waals surface area contributed by atoms with Gasteiger partial charge in [-0.1, -0.05) is 24.3 Å². The molecule has 2 N–H and O–H groups in total. The van der Waals surface area contributed by atoms with E-state index in [9.17, 15) is 0 Å². The fourth-order valence-corrected chi connectivity index (χ4v) is 2.21. The number of quaternary nitrogens is 1.